The minimum atomic E-state index is -0.495. The Balaban J connectivity index is 2.05. The molecule has 114 valence electrons. The van der Waals surface area contributed by atoms with Crippen molar-refractivity contribution in [3.05, 3.63) is 29.5 Å². The maximum absolute atomic E-state index is 11.9. The summed E-state index contributed by atoms with van der Waals surface area (Å²) < 4.78 is 7.20. The van der Waals surface area contributed by atoms with E-state index in [2.05, 4.69) is 4.98 Å². The lowest BCUT2D eigenvalue weighted by atomic mass is 10.2. The summed E-state index contributed by atoms with van der Waals surface area (Å²) in [6, 6.07) is 7.73. The van der Waals surface area contributed by atoms with E-state index in [9.17, 15) is 4.79 Å². The minimum Gasteiger partial charge on any atom is -0.444 e. The van der Waals surface area contributed by atoms with Crippen molar-refractivity contribution in [2.45, 2.75) is 32.9 Å². The molecule has 1 aromatic heterocycles. The topological polar surface area (TPSA) is 47.4 Å². The Kier molecular flexibility index (Phi) is 4.42. The summed E-state index contributed by atoms with van der Waals surface area (Å²) in [5, 5.41) is 0.425. The predicted octanol–water partition coefficient (Wildman–Crippen LogP) is 3.56. The van der Waals surface area contributed by atoms with E-state index in [4.69, 9.17) is 16.3 Å². The van der Waals surface area contributed by atoms with Crippen LogP contribution in [0.1, 0.15) is 20.8 Å². The van der Waals surface area contributed by atoms with Crippen LogP contribution in [-0.2, 0) is 11.3 Å². The molecule has 0 spiro atoms. The molecule has 0 fully saturated rings. The molecule has 2 rings (SSSR count). The van der Waals surface area contributed by atoms with Crippen molar-refractivity contribution in [1.29, 1.82) is 0 Å². The van der Waals surface area contributed by atoms with Gasteiger partial charge in [0, 0.05) is 20.1 Å². The van der Waals surface area contributed by atoms with E-state index in [0.29, 0.717) is 18.4 Å². The molecule has 0 saturated carbocycles. The van der Waals surface area contributed by atoms with Crippen LogP contribution in [0.5, 0.6) is 0 Å². The van der Waals surface area contributed by atoms with Gasteiger partial charge in [0.1, 0.15) is 5.60 Å². The van der Waals surface area contributed by atoms with Crippen molar-refractivity contribution < 1.29 is 9.53 Å². The standard InChI is InChI=1S/C15H20ClN3O2/c1-15(2,3)21-14(20)18(4)9-10-19-12-8-6-5-7-11(12)17-13(19)16/h5-8H,9-10H2,1-4H3. The summed E-state index contributed by atoms with van der Waals surface area (Å²) in [6.45, 7) is 6.60. The molecule has 0 saturated heterocycles. The van der Waals surface area contributed by atoms with E-state index >= 15 is 0 Å². The van der Waals surface area contributed by atoms with Crippen LogP contribution in [0, 0.1) is 0 Å². The van der Waals surface area contributed by atoms with Gasteiger partial charge in [0.25, 0.3) is 0 Å². The fourth-order valence-electron chi connectivity index (χ4n) is 1.94. The molecule has 2 aromatic rings. The number of nitrogens with zero attached hydrogens (tertiary/aromatic N) is 3. The molecule has 1 amide bonds. The molecule has 1 heterocycles. The normalized spacial score (nSPS) is 11.7. The summed E-state index contributed by atoms with van der Waals surface area (Å²) in [6.07, 6.45) is -0.344. The summed E-state index contributed by atoms with van der Waals surface area (Å²) in [5.74, 6) is 0. The molecular weight excluding hydrogens is 290 g/mol. The molecule has 0 atom stereocenters. The zero-order valence-electron chi connectivity index (χ0n) is 12.8. The number of para-hydroxylation sites is 2. The average Bonchev–Trinajstić information content (AvgIpc) is 2.69. The average molecular weight is 310 g/mol. The number of amides is 1. The first-order valence-electron chi connectivity index (χ1n) is 6.83. The van der Waals surface area contributed by atoms with E-state index in [1.807, 2.05) is 49.6 Å². The molecule has 0 N–H and O–H groups in total. The summed E-state index contributed by atoms with van der Waals surface area (Å²) >= 11 is 6.15. The molecule has 21 heavy (non-hydrogen) atoms. The lowest BCUT2D eigenvalue weighted by molar-refractivity contribution is 0.0294. The van der Waals surface area contributed by atoms with Gasteiger partial charge in [0.05, 0.1) is 11.0 Å². The Hall–Kier alpha value is -1.75. The molecule has 0 radical (unpaired) electrons. The molecule has 5 nitrogen and oxygen atoms in total. The number of halogens is 1. The molecular formula is C15H20ClN3O2. The van der Waals surface area contributed by atoms with Crippen LogP contribution in [0.25, 0.3) is 11.0 Å². The second kappa shape index (κ2) is 5.93. The van der Waals surface area contributed by atoms with Gasteiger partial charge < -0.3 is 14.2 Å². The first-order chi connectivity index (χ1) is 9.78. The number of benzene rings is 1. The van der Waals surface area contributed by atoms with Crippen molar-refractivity contribution >= 4 is 28.7 Å². The number of hydrogen-bond acceptors (Lipinski definition) is 3. The molecule has 0 aliphatic heterocycles. The van der Waals surface area contributed by atoms with E-state index in [-0.39, 0.29) is 6.09 Å². The van der Waals surface area contributed by atoms with Crippen molar-refractivity contribution in [3.63, 3.8) is 0 Å². The highest BCUT2D eigenvalue weighted by molar-refractivity contribution is 6.29. The van der Waals surface area contributed by atoms with Crippen LogP contribution in [-0.4, -0.2) is 39.7 Å². The first kappa shape index (κ1) is 15.6. The molecule has 6 heteroatoms. The fourth-order valence-corrected chi connectivity index (χ4v) is 2.21. The fraction of sp³-hybridized carbons (Fsp3) is 0.467. The van der Waals surface area contributed by atoms with Gasteiger partial charge in [-0.1, -0.05) is 12.1 Å². The van der Waals surface area contributed by atoms with Crippen LogP contribution in [0.15, 0.2) is 24.3 Å². The predicted molar refractivity (Wildman–Crippen MR) is 83.6 cm³/mol. The van der Waals surface area contributed by atoms with Gasteiger partial charge in [-0.3, -0.25) is 0 Å². The molecule has 0 aliphatic carbocycles. The van der Waals surface area contributed by atoms with Gasteiger partial charge in [0.15, 0.2) is 0 Å². The SMILES string of the molecule is CN(CCn1c(Cl)nc2ccccc21)C(=O)OC(C)(C)C. The number of likely N-dealkylation sites (N-methyl/N-ethyl adjacent to an activating group) is 1. The van der Waals surface area contributed by atoms with Crippen molar-refractivity contribution in [2.75, 3.05) is 13.6 Å². The van der Waals surface area contributed by atoms with E-state index in [0.717, 1.165) is 11.0 Å². The number of hydrogen-bond donors (Lipinski definition) is 0. The third-order valence-corrected chi connectivity index (χ3v) is 3.26. The number of ether oxygens (including phenoxy) is 1. The summed E-state index contributed by atoms with van der Waals surface area (Å²) in [7, 11) is 1.71. The van der Waals surface area contributed by atoms with Gasteiger partial charge in [-0.25, -0.2) is 9.78 Å². The van der Waals surface area contributed by atoms with Gasteiger partial charge in [-0.2, -0.15) is 0 Å². The number of carbonyl (C=O) groups excluding carboxylic acids is 1. The van der Waals surface area contributed by atoms with Crippen LogP contribution >= 0.6 is 11.6 Å². The maximum atomic E-state index is 11.9. The largest absolute Gasteiger partial charge is 0.444 e. The van der Waals surface area contributed by atoms with Gasteiger partial charge in [-0.05, 0) is 44.5 Å². The molecule has 0 aliphatic rings. The Morgan fingerprint density at radius 3 is 2.71 bits per heavy atom. The lowest BCUT2D eigenvalue weighted by Gasteiger charge is -2.24. The van der Waals surface area contributed by atoms with Crippen molar-refractivity contribution in [1.82, 2.24) is 14.5 Å². The third kappa shape index (κ3) is 3.88. The van der Waals surface area contributed by atoms with Crippen LogP contribution < -0.4 is 0 Å². The monoisotopic (exact) mass is 309 g/mol. The van der Waals surface area contributed by atoms with Gasteiger partial charge >= 0.3 is 6.09 Å². The maximum Gasteiger partial charge on any atom is 0.410 e. The second-order valence-corrected chi connectivity index (χ2v) is 6.26. The Labute approximate surface area is 129 Å². The Morgan fingerprint density at radius 2 is 2.05 bits per heavy atom. The first-order valence-corrected chi connectivity index (χ1v) is 7.20. The van der Waals surface area contributed by atoms with Crippen LogP contribution in [0.2, 0.25) is 5.28 Å². The quantitative estimate of drug-likeness (QED) is 0.871. The number of carbonyl (C=O) groups is 1. The summed E-state index contributed by atoms with van der Waals surface area (Å²) in [4.78, 5) is 17.7. The zero-order chi connectivity index (χ0) is 15.6. The third-order valence-electron chi connectivity index (χ3n) is 2.97. The smallest absolute Gasteiger partial charge is 0.410 e. The lowest BCUT2D eigenvalue weighted by Crippen LogP contribution is -2.35. The van der Waals surface area contributed by atoms with Crippen molar-refractivity contribution in [2.24, 2.45) is 0 Å². The Bertz CT molecular complexity index is 646. The molecule has 0 unspecified atom stereocenters. The summed E-state index contributed by atoms with van der Waals surface area (Å²) in [5.41, 5.74) is 1.31. The van der Waals surface area contributed by atoms with Crippen LogP contribution in [0.3, 0.4) is 0 Å². The Morgan fingerprint density at radius 1 is 1.38 bits per heavy atom. The molecule has 1 aromatic carbocycles. The van der Waals surface area contributed by atoms with Crippen molar-refractivity contribution in [3.8, 4) is 0 Å². The number of imidazole rings is 1. The highest BCUT2D eigenvalue weighted by atomic mass is 35.5. The van der Waals surface area contributed by atoms with E-state index in [1.165, 1.54) is 4.90 Å². The van der Waals surface area contributed by atoms with Crippen LogP contribution in [0.4, 0.5) is 4.79 Å². The number of fused-ring (bicyclic) bond motifs is 1. The second-order valence-electron chi connectivity index (χ2n) is 5.92. The van der Waals surface area contributed by atoms with Gasteiger partial charge in [-0.15, -0.1) is 0 Å². The number of aromatic nitrogens is 2. The van der Waals surface area contributed by atoms with E-state index < -0.39 is 5.60 Å². The molecule has 0 bridgehead atoms. The zero-order valence-corrected chi connectivity index (χ0v) is 13.5. The minimum absolute atomic E-state index is 0.344. The number of rotatable bonds is 3. The van der Waals surface area contributed by atoms with E-state index in [1.54, 1.807) is 7.05 Å². The van der Waals surface area contributed by atoms with Gasteiger partial charge in [0.2, 0.25) is 5.28 Å². The highest BCUT2D eigenvalue weighted by Crippen LogP contribution is 2.19. The highest BCUT2D eigenvalue weighted by Gasteiger charge is 2.19.